The van der Waals surface area contributed by atoms with Gasteiger partial charge in [0, 0.05) is 24.4 Å². The maximum absolute atomic E-state index is 12.6. The van der Waals surface area contributed by atoms with E-state index in [-0.39, 0.29) is 5.91 Å². The van der Waals surface area contributed by atoms with Crippen LogP contribution in [0, 0.1) is 6.92 Å². The van der Waals surface area contributed by atoms with Gasteiger partial charge in [-0.05, 0) is 36.8 Å². The van der Waals surface area contributed by atoms with Gasteiger partial charge in [-0.2, -0.15) is 0 Å². The van der Waals surface area contributed by atoms with Crippen LogP contribution in [0.15, 0.2) is 36.4 Å². The molecule has 1 amide bonds. The Morgan fingerprint density at radius 2 is 1.77 bits per heavy atom. The molecule has 2 aromatic rings. The van der Waals surface area contributed by atoms with Crippen molar-refractivity contribution >= 4 is 27.3 Å². The van der Waals surface area contributed by atoms with Crippen molar-refractivity contribution in [2.75, 3.05) is 36.1 Å². The number of ether oxygens (including phenoxy) is 2. The van der Waals surface area contributed by atoms with E-state index in [0.717, 1.165) is 16.1 Å². The number of carbonyl (C=O) groups is 1. The number of anilines is 2. The quantitative estimate of drug-likeness (QED) is 0.886. The van der Waals surface area contributed by atoms with Crippen LogP contribution in [0.2, 0.25) is 0 Å². The van der Waals surface area contributed by atoms with Crippen molar-refractivity contribution < 1.29 is 22.7 Å². The zero-order valence-electron chi connectivity index (χ0n) is 14.8. The van der Waals surface area contributed by atoms with Gasteiger partial charge in [0.25, 0.3) is 5.91 Å². The number of hydrogen-bond acceptors (Lipinski definition) is 5. The Morgan fingerprint density at radius 1 is 1.08 bits per heavy atom. The third kappa shape index (κ3) is 3.75. The van der Waals surface area contributed by atoms with E-state index < -0.39 is 10.0 Å². The van der Waals surface area contributed by atoms with Crippen LogP contribution in [-0.4, -0.2) is 40.8 Å². The summed E-state index contributed by atoms with van der Waals surface area (Å²) in [6.07, 6.45) is 1.12. The Hall–Kier alpha value is -2.74. The average molecular weight is 376 g/mol. The summed E-state index contributed by atoms with van der Waals surface area (Å²) in [5, 5.41) is 2.79. The Bertz CT molecular complexity index is 956. The molecule has 0 radical (unpaired) electrons. The van der Waals surface area contributed by atoms with Gasteiger partial charge in [0.2, 0.25) is 10.0 Å². The molecule has 0 bridgehead atoms. The van der Waals surface area contributed by atoms with Crippen LogP contribution in [0.4, 0.5) is 11.4 Å². The molecule has 0 aromatic heterocycles. The van der Waals surface area contributed by atoms with Crippen LogP contribution < -0.4 is 19.1 Å². The number of aryl methyl sites for hydroxylation is 1. The zero-order valence-corrected chi connectivity index (χ0v) is 15.6. The van der Waals surface area contributed by atoms with Gasteiger partial charge < -0.3 is 14.8 Å². The second kappa shape index (κ2) is 6.87. The molecular formula is C18H20N2O5S. The maximum Gasteiger partial charge on any atom is 0.255 e. The molecule has 1 N–H and O–H groups in total. The van der Waals surface area contributed by atoms with E-state index in [1.165, 1.54) is 7.05 Å². The third-order valence-corrected chi connectivity index (χ3v) is 5.30. The summed E-state index contributed by atoms with van der Waals surface area (Å²) >= 11 is 0. The highest BCUT2D eigenvalue weighted by atomic mass is 32.2. The minimum atomic E-state index is -3.42. The van der Waals surface area contributed by atoms with E-state index in [4.69, 9.17) is 9.47 Å². The van der Waals surface area contributed by atoms with Gasteiger partial charge in [-0.1, -0.05) is 6.07 Å². The number of nitrogens with one attached hydrogen (secondary N) is 1. The monoisotopic (exact) mass is 376 g/mol. The molecule has 138 valence electrons. The number of hydrogen-bond donors (Lipinski definition) is 1. The molecule has 0 saturated carbocycles. The normalized spacial score (nSPS) is 13.2. The summed E-state index contributed by atoms with van der Waals surface area (Å²) in [5.41, 5.74) is 2.14. The molecule has 0 fully saturated rings. The average Bonchev–Trinajstić information content (AvgIpc) is 2.60. The predicted molar refractivity (Wildman–Crippen MR) is 99.8 cm³/mol. The van der Waals surface area contributed by atoms with Crippen molar-refractivity contribution in [2.45, 2.75) is 6.92 Å². The van der Waals surface area contributed by atoms with Crippen molar-refractivity contribution in [3.8, 4) is 11.5 Å². The predicted octanol–water partition coefficient (Wildman–Crippen LogP) is 2.41. The van der Waals surface area contributed by atoms with Crippen molar-refractivity contribution in [1.29, 1.82) is 0 Å². The number of rotatable bonds is 4. The molecule has 1 aliphatic heterocycles. The number of fused-ring (bicyclic) bond motifs is 1. The van der Waals surface area contributed by atoms with Crippen LogP contribution in [0.25, 0.3) is 0 Å². The Kier molecular flexibility index (Phi) is 4.78. The standard InChI is InChI=1S/C18H20N2O5S/c1-12-4-5-13(10-15(12)20(2)26(3,22)23)18(21)19-14-6-7-16-17(11-14)25-9-8-24-16/h4-7,10-11H,8-9H2,1-3H3,(H,19,21). The van der Waals surface area contributed by atoms with Crippen molar-refractivity contribution in [1.82, 2.24) is 0 Å². The number of carbonyl (C=O) groups excluding carboxylic acids is 1. The first-order valence-corrected chi connectivity index (χ1v) is 9.86. The summed E-state index contributed by atoms with van der Waals surface area (Å²) in [7, 11) is -1.96. The maximum atomic E-state index is 12.6. The van der Waals surface area contributed by atoms with Crippen LogP contribution in [0.5, 0.6) is 11.5 Å². The fraction of sp³-hybridized carbons (Fsp3) is 0.278. The van der Waals surface area contributed by atoms with E-state index in [9.17, 15) is 13.2 Å². The molecule has 0 aliphatic carbocycles. The molecule has 2 aromatic carbocycles. The van der Waals surface area contributed by atoms with E-state index in [1.54, 1.807) is 43.3 Å². The largest absolute Gasteiger partial charge is 0.486 e. The van der Waals surface area contributed by atoms with Gasteiger partial charge in [0.1, 0.15) is 13.2 Å². The summed E-state index contributed by atoms with van der Waals surface area (Å²) in [4.78, 5) is 12.6. The van der Waals surface area contributed by atoms with Gasteiger partial charge in [-0.3, -0.25) is 9.10 Å². The highest BCUT2D eigenvalue weighted by Crippen LogP contribution is 2.33. The topological polar surface area (TPSA) is 84.9 Å². The van der Waals surface area contributed by atoms with Crippen molar-refractivity contribution in [3.63, 3.8) is 0 Å². The highest BCUT2D eigenvalue weighted by Gasteiger charge is 2.17. The Labute approximate surface area is 152 Å². The van der Waals surface area contributed by atoms with Crippen molar-refractivity contribution in [2.24, 2.45) is 0 Å². The first kappa shape index (κ1) is 18.1. The lowest BCUT2D eigenvalue weighted by Crippen LogP contribution is -2.26. The Morgan fingerprint density at radius 3 is 2.46 bits per heavy atom. The lowest BCUT2D eigenvalue weighted by Gasteiger charge is -2.20. The van der Waals surface area contributed by atoms with Crippen molar-refractivity contribution in [3.05, 3.63) is 47.5 Å². The van der Waals surface area contributed by atoms with E-state index in [2.05, 4.69) is 5.32 Å². The SMILES string of the molecule is Cc1ccc(C(=O)Nc2ccc3c(c2)OCCO3)cc1N(C)S(C)(=O)=O. The van der Waals surface area contributed by atoms with E-state index in [1.807, 2.05) is 0 Å². The highest BCUT2D eigenvalue weighted by molar-refractivity contribution is 7.92. The molecule has 0 atom stereocenters. The molecule has 3 rings (SSSR count). The van der Waals surface area contributed by atoms with Crippen LogP contribution >= 0.6 is 0 Å². The molecule has 8 heteroatoms. The second-order valence-electron chi connectivity index (χ2n) is 6.04. The summed E-state index contributed by atoms with van der Waals surface area (Å²) in [6.45, 7) is 2.75. The second-order valence-corrected chi connectivity index (χ2v) is 8.06. The van der Waals surface area contributed by atoms with E-state index in [0.29, 0.717) is 41.7 Å². The number of nitrogens with zero attached hydrogens (tertiary/aromatic N) is 1. The van der Waals surface area contributed by atoms with Crippen LogP contribution in [0.3, 0.4) is 0 Å². The molecule has 7 nitrogen and oxygen atoms in total. The number of sulfonamides is 1. The molecule has 1 heterocycles. The fourth-order valence-electron chi connectivity index (χ4n) is 2.59. The molecule has 0 saturated heterocycles. The minimum Gasteiger partial charge on any atom is -0.486 e. The van der Waals surface area contributed by atoms with E-state index >= 15 is 0 Å². The Balaban J connectivity index is 1.84. The lowest BCUT2D eigenvalue weighted by atomic mass is 10.1. The summed E-state index contributed by atoms with van der Waals surface area (Å²) < 4.78 is 35.7. The number of amides is 1. The smallest absolute Gasteiger partial charge is 0.255 e. The van der Waals surface area contributed by atoms with Gasteiger partial charge in [0.05, 0.1) is 11.9 Å². The lowest BCUT2D eigenvalue weighted by molar-refractivity contribution is 0.102. The number of benzene rings is 2. The fourth-order valence-corrected chi connectivity index (χ4v) is 3.15. The van der Waals surface area contributed by atoms with Gasteiger partial charge >= 0.3 is 0 Å². The summed E-state index contributed by atoms with van der Waals surface area (Å²) in [6, 6.07) is 10.1. The van der Waals surface area contributed by atoms with Crippen LogP contribution in [0.1, 0.15) is 15.9 Å². The molecule has 26 heavy (non-hydrogen) atoms. The van der Waals surface area contributed by atoms with Crippen LogP contribution in [-0.2, 0) is 10.0 Å². The summed E-state index contributed by atoms with van der Waals surface area (Å²) in [5.74, 6) is 0.877. The molecule has 1 aliphatic rings. The first-order chi connectivity index (χ1) is 12.3. The van der Waals surface area contributed by atoms with Gasteiger partial charge in [-0.15, -0.1) is 0 Å². The molecular weight excluding hydrogens is 356 g/mol. The van der Waals surface area contributed by atoms with Gasteiger partial charge in [-0.25, -0.2) is 8.42 Å². The first-order valence-electron chi connectivity index (χ1n) is 8.01. The third-order valence-electron chi connectivity index (χ3n) is 4.11. The minimum absolute atomic E-state index is 0.343. The molecule has 0 spiro atoms. The van der Waals surface area contributed by atoms with Gasteiger partial charge in [0.15, 0.2) is 11.5 Å². The zero-order chi connectivity index (χ0) is 18.9. The molecule has 0 unspecified atom stereocenters.